The standard InChI is InChI=1S/C6H14O.Ca.2H/c1-3-5-7-6-4-2;;;/h3-6H2,1-2H3;;;/q;+2;2*-1. The summed E-state index contributed by atoms with van der Waals surface area (Å²) >= 11 is 0. The quantitative estimate of drug-likeness (QED) is 0.431. The third kappa shape index (κ3) is 10.3. The van der Waals surface area contributed by atoms with Gasteiger partial charge in [-0.15, -0.1) is 0 Å². The van der Waals surface area contributed by atoms with Crippen LogP contribution in [0.4, 0.5) is 0 Å². The van der Waals surface area contributed by atoms with Crippen LogP contribution in [0.2, 0.25) is 0 Å². The molecule has 2 heteroatoms. The van der Waals surface area contributed by atoms with Gasteiger partial charge in [-0.3, -0.25) is 0 Å². The second-order valence-corrected chi connectivity index (χ2v) is 1.61. The Balaban J connectivity index is -0.0000000600. The normalized spacial score (nSPS) is 8.25. The molecule has 0 spiro atoms. The fourth-order valence-corrected chi connectivity index (χ4v) is 0.391. The summed E-state index contributed by atoms with van der Waals surface area (Å²) in [6.45, 7) is 6.09. The molecule has 0 N–H and O–H groups in total. The number of ether oxygens (including phenoxy) is 1. The van der Waals surface area contributed by atoms with Crippen LogP contribution < -0.4 is 0 Å². The zero-order valence-corrected chi connectivity index (χ0v) is 8.15. The summed E-state index contributed by atoms with van der Waals surface area (Å²) in [4.78, 5) is 0. The number of rotatable bonds is 4. The maximum absolute atomic E-state index is 5.13. The van der Waals surface area contributed by atoms with Crippen molar-refractivity contribution in [3.05, 3.63) is 0 Å². The fourth-order valence-electron chi connectivity index (χ4n) is 0.391. The summed E-state index contributed by atoms with van der Waals surface area (Å²) in [7, 11) is 0. The van der Waals surface area contributed by atoms with E-state index < -0.39 is 0 Å². The zero-order chi connectivity index (χ0) is 5.54. The average molecular weight is 144 g/mol. The van der Waals surface area contributed by atoms with Crippen molar-refractivity contribution in [3.63, 3.8) is 0 Å². The van der Waals surface area contributed by atoms with Crippen molar-refractivity contribution in [3.8, 4) is 0 Å². The van der Waals surface area contributed by atoms with Crippen LogP contribution in [0.1, 0.15) is 29.5 Å². The first-order chi connectivity index (χ1) is 3.41. The first kappa shape index (κ1) is 12.0. The molecule has 0 bridgehead atoms. The van der Waals surface area contributed by atoms with Gasteiger partial charge in [0.15, 0.2) is 0 Å². The minimum Gasteiger partial charge on any atom is -1.00 e. The molecule has 0 aromatic heterocycles. The molecular weight excluding hydrogens is 128 g/mol. The summed E-state index contributed by atoms with van der Waals surface area (Å²) in [6, 6.07) is 0. The molecule has 0 aromatic rings. The van der Waals surface area contributed by atoms with Crippen molar-refractivity contribution < 1.29 is 7.59 Å². The molecule has 0 aliphatic rings. The smallest absolute Gasteiger partial charge is 1.00 e. The predicted octanol–water partition coefficient (Wildman–Crippen LogP) is 1.67. The van der Waals surface area contributed by atoms with E-state index in [-0.39, 0.29) is 40.6 Å². The van der Waals surface area contributed by atoms with E-state index in [9.17, 15) is 0 Å². The summed E-state index contributed by atoms with van der Waals surface area (Å²) < 4.78 is 5.13. The van der Waals surface area contributed by atoms with E-state index >= 15 is 0 Å². The minimum atomic E-state index is 0. The van der Waals surface area contributed by atoms with E-state index in [0.717, 1.165) is 26.1 Å². The molecule has 0 saturated carbocycles. The Morgan fingerprint density at radius 1 is 1.12 bits per heavy atom. The van der Waals surface area contributed by atoms with Gasteiger partial charge in [-0.2, -0.15) is 0 Å². The molecule has 0 unspecified atom stereocenters. The molecule has 0 amide bonds. The van der Waals surface area contributed by atoms with Crippen molar-refractivity contribution >= 4 is 37.7 Å². The van der Waals surface area contributed by atoms with Crippen LogP contribution in [0.3, 0.4) is 0 Å². The summed E-state index contributed by atoms with van der Waals surface area (Å²) in [5.41, 5.74) is 0. The Hall–Kier alpha value is 1.22. The third-order valence-corrected chi connectivity index (χ3v) is 0.697. The Morgan fingerprint density at radius 2 is 1.50 bits per heavy atom. The maximum Gasteiger partial charge on any atom is 2.00 e. The molecular formula is C6H16CaO. The zero-order valence-electron chi connectivity index (χ0n) is 7.94. The molecule has 0 aliphatic heterocycles. The van der Waals surface area contributed by atoms with Crippen LogP contribution in [0.15, 0.2) is 0 Å². The molecule has 0 heterocycles. The van der Waals surface area contributed by atoms with E-state index in [0.29, 0.717) is 0 Å². The summed E-state index contributed by atoms with van der Waals surface area (Å²) in [5.74, 6) is 0. The molecule has 0 atom stereocenters. The van der Waals surface area contributed by atoms with Gasteiger partial charge in [0.05, 0.1) is 0 Å². The van der Waals surface area contributed by atoms with Crippen molar-refractivity contribution in [2.24, 2.45) is 0 Å². The van der Waals surface area contributed by atoms with Gasteiger partial charge in [-0.05, 0) is 12.8 Å². The average Bonchev–Trinajstić information content (AvgIpc) is 1.69. The van der Waals surface area contributed by atoms with Gasteiger partial charge in [0.1, 0.15) is 0 Å². The van der Waals surface area contributed by atoms with Crippen LogP contribution in [0, 0.1) is 0 Å². The maximum atomic E-state index is 5.13. The van der Waals surface area contributed by atoms with Crippen LogP contribution in [0.25, 0.3) is 0 Å². The van der Waals surface area contributed by atoms with E-state index in [1.807, 2.05) is 0 Å². The molecule has 8 heavy (non-hydrogen) atoms. The van der Waals surface area contributed by atoms with Gasteiger partial charge >= 0.3 is 37.7 Å². The molecule has 0 aromatic carbocycles. The minimum absolute atomic E-state index is 0. The van der Waals surface area contributed by atoms with Gasteiger partial charge in [0.25, 0.3) is 0 Å². The van der Waals surface area contributed by atoms with E-state index in [2.05, 4.69) is 13.8 Å². The van der Waals surface area contributed by atoms with Gasteiger partial charge in [-0.25, -0.2) is 0 Å². The Bertz CT molecular complexity index is 34.9. The molecule has 0 radical (unpaired) electrons. The number of hydrogen-bond donors (Lipinski definition) is 0. The number of hydrogen-bond acceptors (Lipinski definition) is 1. The predicted molar refractivity (Wildman–Crippen MR) is 39.4 cm³/mol. The second-order valence-electron chi connectivity index (χ2n) is 1.61. The molecule has 0 aliphatic carbocycles. The molecule has 1 nitrogen and oxygen atoms in total. The fraction of sp³-hybridized carbons (Fsp3) is 1.00. The summed E-state index contributed by atoms with van der Waals surface area (Å²) in [5, 5.41) is 0. The molecule has 0 fully saturated rings. The monoisotopic (exact) mass is 144 g/mol. The van der Waals surface area contributed by atoms with Crippen molar-refractivity contribution in [1.29, 1.82) is 0 Å². The van der Waals surface area contributed by atoms with Crippen molar-refractivity contribution in [2.45, 2.75) is 26.7 Å². The van der Waals surface area contributed by atoms with Crippen molar-refractivity contribution in [2.75, 3.05) is 13.2 Å². The third-order valence-electron chi connectivity index (χ3n) is 0.697. The van der Waals surface area contributed by atoms with Crippen LogP contribution in [-0.4, -0.2) is 51.0 Å². The largest absolute Gasteiger partial charge is 2.00 e. The topological polar surface area (TPSA) is 9.23 Å². The molecule has 48 valence electrons. The van der Waals surface area contributed by atoms with Gasteiger partial charge < -0.3 is 7.59 Å². The van der Waals surface area contributed by atoms with Crippen LogP contribution in [-0.2, 0) is 4.74 Å². The SMILES string of the molecule is CCCOCCC.[Ca+2].[H-].[H-]. The van der Waals surface area contributed by atoms with E-state index in [4.69, 9.17) is 4.74 Å². The molecule has 0 saturated heterocycles. The van der Waals surface area contributed by atoms with Crippen molar-refractivity contribution in [1.82, 2.24) is 0 Å². The van der Waals surface area contributed by atoms with E-state index in [1.165, 1.54) is 0 Å². The van der Waals surface area contributed by atoms with Gasteiger partial charge in [-0.1, -0.05) is 13.8 Å². The Labute approximate surface area is 84.8 Å². The van der Waals surface area contributed by atoms with E-state index in [1.54, 1.807) is 0 Å². The van der Waals surface area contributed by atoms with Gasteiger partial charge in [0.2, 0.25) is 0 Å². The Kier molecular flexibility index (Phi) is 16.5. The first-order valence-electron chi connectivity index (χ1n) is 2.99. The first-order valence-corrected chi connectivity index (χ1v) is 2.99. The van der Waals surface area contributed by atoms with Gasteiger partial charge in [0, 0.05) is 13.2 Å². The van der Waals surface area contributed by atoms with Crippen LogP contribution >= 0.6 is 0 Å². The Morgan fingerprint density at radius 3 is 1.75 bits per heavy atom. The molecule has 0 rings (SSSR count). The summed E-state index contributed by atoms with van der Waals surface area (Å²) in [6.07, 6.45) is 2.28. The van der Waals surface area contributed by atoms with Crippen LogP contribution in [0.5, 0.6) is 0 Å². The second kappa shape index (κ2) is 11.1.